The maximum atomic E-state index is 11.7. The summed E-state index contributed by atoms with van der Waals surface area (Å²) in [7, 11) is 1.33. The Labute approximate surface area is 107 Å². The lowest BCUT2D eigenvalue weighted by atomic mass is 10.1. The molecule has 2 heterocycles. The van der Waals surface area contributed by atoms with E-state index in [1.807, 2.05) is 12.3 Å². The first kappa shape index (κ1) is 12.5. The van der Waals surface area contributed by atoms with Crippen LogP contribution in [-0.2, 0) is 4.74 Å². The standard InChI is InChI=1S/C12H12N2O3S/c1-6-5-18-11(12(16)17-3)10(6)8-4-9(15)14-7(2)13-8/h4-5H,1-3H3,(H,13,14,15). The number of carbonyl (C=O) groups excluding carboxylic acids is 1. The van der Waals surface area contributed by atoms with Crippen LogP contribution in [0.1, 0.15) is 21.1 Å². The van der Waals surface area contributed by atoms with Crippen LogP contribution in [-0.4, -0.2) is 23.0 Å². The van der Waals surface area contributed by atoms with Crippen LogP contribution in [0.4, 0.5) is 0 Å². The van der Waals surface area contributed by atoms with Crippen molar-refractivity contribution in [1.82, 2.24) is 9.97 Å². The molecule has 6 heteroatoms. The second-order valence-corrected chi connectivity index (χ2v) is 4.71. The number of aromatic amines is 1. The Kier molecular flexibility index (Phi) is 3.29. The number of ether oxygens (including phenoxy) is 1. The molecule has 1 N–H and O–H groups in total. The lowest BCUT2D eigenvalue weighted by molar-refractivity contribution is 0.0607. The molecule has 0 saturated heterocycles. The lowest BCUT2D eigenvalue weighted by Crippen LogP contribution is -2.10. The van der Waals surface area contributed by atoms with E-state index in [0.29, 0.717) is 22.0 Å². The number of nitrogens with zero attached hydrogens (tertiary/aromatic N) is 1. The summed E-state index contributed by atoms with van der Waals surface area (Å²) in [4.78, 5) is 30.4. The molecule has 0 radical (unpaired) electrons. The fraction of sp³-hybridized carbons (Fsp3) is 0.250. The highest BCUT2D eigenvalue weighted by Gasteiger charge is 2.19. The zero-order chi connectivity index (χ0) is 13.3. The van der Waals surface area contributed by atoms with Gasteiger partial charge in [0.25, 0.3) is 5.56 Å². The minimum Gasteiger partial charge on any atom is -0.465 e. The molecule has 0 aliphatic rings. The first-order valence-electron chi connectivity index (χ1n) is 5.27. The monoisotopic (exact) mass is 264 g/mol. The molecule has 18 heavy (non-hydrogen) atoms. The van der Waals surface area contributed by atoms with Crippen molar-refractivity contribution in [1.29, 1.82) is 0 Å². The van der Waals surface area contributed by atoms with E-state index in [4.69, 9.17) is 4.74 Å². The maximum Gasteiger partial charge on any atom is 0.348 e. The van der Waals surface area contributed by atoms with Crippen molar-refractivity contribution < 1.29 is 9.53 Å². The van der Waals surface area contributed by atoms with Crippen molar-refractivity contribution in [3.05, 3.63) is 38.1 Å². The molecule has 2 aromatic rings. The van der Waals surface area contributed by atoms with E-state index >= 15 is 0 Å². The third kappa shape index (κ3) is 2.19. The third-order valence-corrected chi connectivity index (χ3v) is 3.54. The predicted molar refractivity (Wildman–Crippen MR) is 69.0 cm³/mol. The van der Waals surface area contributed by atoms with Crippen LogP contribution in [0, 0.1) is 13.8 Å². The molecule has 94 valence electrons. The summed E-state index contributed by atoms with van der Waals surface area (Å²) < 4.78 is 4.73. The number of hydrogen-bond acceptors (Lipinski definition) is 5. The zero-order valence-electron chi connectivity index (χ0n) is 10.2. The van der Waals surface area contributed by atoms with E-state index < -0.39 is 5.97 Å². The maximum absolute atomic E-state index is 11.7. The quantitative estimate of drug-likeness (QED) is 0.841. The van der Waals surface area contributed by atoms with Gasteiger partial charge in [0.15, 0.2) is 0 Å². The number of esters is 1. The summed E-state index contributed by atoms with van der Waals surface area (Å²) >= 11 is 1.29. The molecule has 0 spiro atoms. The van der Waals surface area contributed by atoms with Gasteiger partial charge in [0.1, 0.15) is 10.7 Å². The molecule has 0 saturated carbocycles. The van der Waals surface area contributed by atoms with Crippen molar-refractivity contribution in [3.63, 3.8) is 0 Å². The Bertz CT molecular complexity index is 658. The average molecular weight is 264 g/mol. The molecule has 0 atom stereocenters. The first-order valence-corrected chi connectivity index (χ1v) is 6.15. The molecule has 0 unspecified atom stereocenters. The lowest BCUT2D eigenvalue weighted by Gasteiger charge is -2.04. The molecule has 2 aromatic heterocycles. The van der Waals surface area contributed by atoms with Gasteiger partial charge in [-0.15, -0.1) is 11.3 Å². The van der Waals surface area contributed by atoms with E-state index in [1.165, 1.54) is 24.5 Å². The summed E-state index contributed by atoms with van der Waals surface area (Å²) in [5.74, 6) is 0.0988. The first-order chi connectivity index (χ1) is 8.52. The van der Waals surface area contributed by atoms with Gasteiger partial charge >= 0.3 is 5.97 Å². The minimum atomic E-state index is -0.414. The van der Waals surface area contributed by atoms with E-state index in [-0.39, 0.29) is 5.56 Å². The molecule has 0 aromatic carbocycles. The number of aromatic nitrogens is 2. The van der Waals surface area contributed by atoms with E-state index in [1.54, 1.807) is 6.92 Å². The van der Waals surface area contributed by atoms with Crippen molar-refractivity contribution in [3.8, 4) is 11.3 Å². The van der Waals surface area contributed by atoms with Gasteiger partial charge in [0.05, 0.1) is 12.8 Å². The zero-order valence-corrected chi connectivity index (χ0v) is 11.1. The summed E-state index contributed by atoms with van der Waals surface area (Å²) in [6.45, 7) is 3.57. The van der Waals surface area contributed by atoms with Crippen LogP contribution in [0.2, 0.25) is 0 Å². The number of rotatable bonds is 2. The SMILES string of the molecule is COC(=O)c1scc(C)c1-c1cc(=O)[nH]c(C)n1. The Morgan fingerprint density at radius 2 is 2.17 bits per heavy atom. The Morgan fingerprint density at radius 1 is 1.44 bits per heavy atom. The Balaban J connectivity index is 2.66. The molecule has 0 aliphatic carbocycles. The van der Waals surface area contributed by atoms with Crippen LogP contribution >= 0.6 is 11.3 Å². The molecule has 0 bridgehead atoms. The van der Waals surface area contributed by atoms with Gasteiger partial charge in [-0.3, -0.25) is 4.79 Å². The number of thiophene rings is 1. The van der Waals surface area contributed by atoms with E-state index in [2.05, 4.69) is 9.97 Å². The molecule has 0 aliphatic heterocycles. The molecule has 0 amide bonds. The van der Waals surface area contributed by atoms with Gasteiger partial charge in [0.2, 0.25) is 0 Å². The fourth-order valence-corrected chi connectivity index (χ4v) is 2.69. The highest BCUT2D eigenvalue weighted by atomic mass is 32.1. The van der Waals surface area contributed by atoms with E-state index in [0.717, 1.165) is 5.56 Å². The number of carbonyl (C=O) groups is 1. The van der Waals surface area contributed by atoms with Gasteiger partial charge in [-0.2, -0.15) is 0 Å². The third-order valence-electron chi connectivity index (χ3n) is 2.46. The van der Waals surface area contributed by atoms with Gasteiger partial charge in [-0.05, 0) is 24.8 Å². The molecule has 5 nitrogen and oxygen atoms in total. The summed E-state index contributed by atoms with van der Waals surface area (Å²) in [6.07, 6.45) is 0. The number of hydrogen-bond donors (Lipinski definition) is 1. The van der Waals surface area contributed by atoms with Crippen molar-refractivity contribution in [2.24, 2.45) is 0 Å². The molecule has 2 rings (SSSR count). The largest absolute Gasteiger partial charge is 0.465 e. The van der Waals surface area contributed by atoms with Crippen LogP contribution in [0.3, 0.4) is 0 Å². The van der Waals surface area contributed by atoms with Crippen LogP contribution < -0.4 is 5.56 Å². The van der Waals surface area contributed by atoms with Crippen LogP contribution in [0.25, 0.3) is 11.3 Å². The van der Waals surface area contributed by atoms with Crippen molar-refractivity contribution in [2.75, 3.05) is 7.11 Å². The van der Waals surface area contributed by atoms with Gasteiger partial charge in [0, 0.05) is 11.6 Å². The van der Waals surface area contributed by atoms with Crippen molar-refractivity contribution >= 4 is 17.3 Å². The minimum absolute atomic E-state index is 0.237. The van der Waals surface area contributed by atoms with Crippen LogP contribution in [0.15, 0.2) is 16.2 Å². The molecular weight excluding hydrogens is 252 g/mol. The number of aryl methyl sites for hydroxylation is 2. The number of methoxy groups -OCH3 is 1. The second-order valence-electron chi connectivity index (χ2n) is 3.83. The predicted octanol–water partition coefficient (Wildman–Crippen LogP) is 1.90. The number of nitrogens with one attached hydrogen (secondary N) is 1. The average Bonchev–Trinajstić information content (AvgIpc) is 2.69. The van der Waals surface area contributed by atoms with Crippen molar-refractivity contribution in [2.45, 2.75) is 13.8 Å². The topological polar surface area (TPSA) is 72.1 Å². The summed E-state index contributed by atoms with van der Waals surface area (Å²) in [6, 6.07) is 1.38. The molecular formula is C12H12N2O3S. The second kappa shape index (κ2) is 4.73. The normalized spacial score (nSPS) is 10.4. The van der Waals surface area contributed by atoms with Gasteiger partial charge in [-0.1, -0.05) is 0 Å². The van der Waals surface area contributed by atoms with Gasteiger partial charge < -0.3 is 9.72 Å². The summed E-state index contributed by atoms with van der Waals surface area (Å²) in [5, 5.41) is 1.85. The highest BCUT2D eigenvalue weighted by molar-refractivity contribution is 7.12. The Hall–Kier alpha value is -1.95. The van der Waals surface area contributed by atoms with E-state index in [9.17, 15) is 9.59 Å². The van der Waals surface area contributed by atoms with Crippen LogP contribution in [0.5, 0.6) is 0 Å². The summed E-state index contributed by atoms with van der Waals surface area (Å²) in [5.41, 5.74) is 1.83. The number of H-pyrrole nitrogens is 1. The smallest absolute Gasteiger partial charge is 0.348 e. The van der Waals surface area contributed by atoms with Gasteiger partial charge in [-0.25, -0.2) is 9.78 Å². The molecule has 0 fully saturated rings. The fourth-order valence-electron chi connectivity index (χ4n) is 1.71. The Morgan fingerprint density at radius 3 is 2.78 bits per heavy atom. The highest BCUT2D eigenvalue weighted by Crippen LogP contribution is 2.31.